The maximum atomic E-state index is 3.99. The van der Waals surface area contributed by atoms with Crippen LogP contribution in [0.4, 0.5) is 5.69 Å². The number of hydrogen-bond acceptors (Lipinski definition) is 2. The summed E-state index contributed by atoms with van der Waals surface area (Å²) in [6, 6.07) is 14.8. The van der Waals surface area contributed by atoms with Crippen LogP contribution in [0.15, 0.2) is 48.8 Å². The molecule has 0 aliphatic rings. The number of aromatic nitrogens is 1. The number of benzene rings is 1. The number of nitrogens with one attached hydrogen (secondary N) is 1. The number of nitrogens with zero attached hydrogens (tertiary/aromatic N) is 1. The average molecular weight is 208 g/mol. The van der Waals surface area contributed by atoms with Gasteiger partial charge in [0.2, 0.25) is 0 Å². The Morgan fingerprint density at radius 2 is 2.12 bits per heavy atom. The van der Waals surface area contributed by atoms with Crippen LogP contribution in [0.5, 0.6) is 0 Å². The van der Waals surface area contributed by atoms with Gasteiger partial charge in [0.05, 0.1) is 0 Å². The maximum absolute atomic E-state index is 3.99. The fourth-order valence-electron chi connectivity index (χ4n) is 1.34. The van der Waals surface area contributed by atoms with Crippen molar-refractivity contribution in [2.24, 2.45) is 0 Å². The third-order valence-corrected chi connectivity index (χ3v) is 2.09. The summed E-state index contributed by atoms with van der Waals surface area (Å²) < 4.78 is 0. The normalized spacial score (nSPS) is 9.06. The molecule has 0 fully saturated rings. The van der Waals surface area contributed by atoms with Crippen molar-refractivity contribution in [3.8, 4) is 12.0 Å². The van der Waals surface area contributed by atoms with Crippen LogP contribution in [0.2, 0.25) is 0 Å². The number of anilines is 1. The Labute approximate surface area is 95.4 Å². The summed E-state index contributed by atoms with van der Waals surface area (Å²) >= 11 is 0. The summed E-state index contributed by atoms with van der Waals surface area (Å²) in [7, 11) is 0. The first-order chi connectivity index (χ1) is 7.84. The molecule has 0 saturated heterocycles. The molecule has 0 radical (unpaired) electrons. The molecule has 2 aromatic rings. The second-order valence-electron chi connectivity index (χ2n) is 3.49. The predicted molar refractivity (Wildman–Crippen MR) is 65.9 cm³/mol. The van der Waals surface area contributed by atoms with E-state index in [-0.39, 0.29) is 0 Å². The highest BCUT2D eigenvalue weighted by Crippen LogP contribution is 2.08. The molecule has 2 heteroatoms. The third-order valence-electron chi connectivity index (χ3n) is 2.09. The van der Waals surface area contributed by atoms with Crippen molar-refractivity contribution >= 4 is 5.69 Å². The highest BCUT2D eigenvalue weighted by Gasteiger charge is 1.88. The molecule has 0 saturated carbocycles. The van der Waals surface area contributed by atoms with E-state index in [0.29, 0.717) is 0 Å². The van der Waals surface area contributed by atoms with Crippen LogP contribution < -0.4 is 5.32 Å². The van der Waals surface area contributed by atoms with Crippen LogP contribution in [-0.4, -0.2) is 4.98 Å². The SMILES string of the molecule is Cc1cccc(NC#Cc2cccnc2)c1. The van der Waals surface area contributed by atoms with Gasteiger partial charge in [0.15, 0.2) is 0 Å². The second-order valence-corrected chi connectivity index (χ2v) is 3.49. The van der Waals surface area contributed by atoms with Gasteiger partial charge in [-0.2, -0.15) is 0 Å². The Morgan fingerprint density at radius 1 is 1.19 bits per heavy atom. The van der Waals surface area contributed by atoms with Gasteiger partial charge in [0, 0.05) is 29.7 Å². The lowest BCUT2D eigenvalue weighted by molar-refractivity contribution is 1.31. The van der Waals surface area contributed by atoms with Crippen LogP contribution in [0, 0.1) is 18.9 Å². The van der Waals surface area contributed by atoms with Gasteiger partial charge >= 0.3 is 0 Å². The Bertz CT molecular complexity index is 521. The smallest absolute Gasteiger partial charge is 0.0461 e. The largest absolute Gasteiger partial charge is 0.315 e. The van der Waals surface area contributed by atoms with E-state index in [1.807, 2.05) is 24.3 Å². The Hall–Kier alpha value is -2.27. The van der Waals surface area contributed by atoms with Crippen molar-refractivity contribution in [3.05, 3.63) is 59.9 Å². The van der Waals surface area contributed by atoms with Crippen molar-refractivity contribution in [2.75, 3.05) is 5.32 Å². The van der Waals surface area contributed by atoms with Gasteiger partial charge in [0.1, 0.15) is 0 Å². The number of aryl methyl sites for hydroxylation is 1. The molecule has 0 bridgehead atoms. The van der Waals surface area contributed by atoms with Crippen LogP contribution >= 0.6 is 0 Å². The van der Waals surface area contributed by atoms with Crippen molar-refractivity contribution < 1.29 is 0 Å². The molecule has 0 spiro atoms. The molecular weight excluding hydrogens is 196 g/mol. The van der Waals surface area contributed by atoms with Crippen LogP contribution in [0.25, 0.3) is 0 Å². The molecule has 2 nitrogen and oxygen atoms in total. The second kappa shape index (κ2) is 4.99. The van der Waals surface area contributed by atoms with Crippen LogP contribution in [0.1, 0.15) is 11.1 Å². The summed E-state index contributed by atoms with van der Waals surface area (Å²) in [5.41, 5.74) is 3.13. The fraction of sp³-hybridized carbons (Fsp3) is 0.0714. The highest BCUT2D eigenvalue weighted by atomic mass is 14.8. The molecule has 1 aromatic heterocycles. The monoisotopic (exact) mass is 208 g/mol. The van der Waals surface area contributed by atoms with E-state index >= 15 is 0 Å². The minimum absolute atomic E-state index is 0.905. The van der Waals surface area contributed by atoms with Crippen molar-refractivity contribution in [1.29, 1.82) is 0 Å². The minimum Gasteiger partial charge on any atom is -0.315 e. The molecule has 78 valence electrons. The highest BCUT2D eigenvalue weighted by molar-refractivity contribution is 5.50. The maximum Gasteiger partial charge on any atom is 0.0461 e. The van der Waals surface area contributed by atoms with Gasteiger partial charge in [-0.15, -0.1) is 0 Å². The lowest BCUT2D eigenvalue weighted by Crippen LogP contribution is -1.88. The zero-order valence-electron chi connectivity index (χ0n) is 9.07. The van der Waals surface area contributed by atoms with Crippen LogP contribution in [0.3, 0.4) is 0 Å². The lowest BCUT2D eigenvalue weighted by atomic mass is 10.2. The first-order valence-electron chi connectivity index (χ1n) is 5.08. The van der Waals surface area contributed by atoms with E-state index in [0.717, 1.165) is 11.3 Å². The molecule has 1 N–H and O–H groups in total. The molecule has 1 aromatic carbocycles. The van der Waals surface area contributed by atoms with E-state index in [2.05, 4.69) is 41.3 Å². The predicted octanol–water partition coefficient (Wildman–Crippen LogP) is 2.81. The molecule has 16 heavy (non-hydrogen) atoms. The topological polar surface area (TPSA) is 24.9 Å². The number of hydrogen-bond donors (Lipinski definition) is 1. The molecule has 0 aliphatic carbocycles. The average Bonchev–Trinajstić information content (AvgIpc) is 2.30. The molecule has 0 amide bonds. The van der Waals surface area contributed by atoms with E-state index in [4.69, 9.17) is 0 Å². The van der Waals surface area contributed by atoms with Crippen molar-refractivity contribution in [3.63, 3.8) is 0 Å². The molecule has 0 unspecified atom stereocenters. The fourth-order valence-corrected chi connectivity index (χ4v) is 1.34. The number of pyridine rings is 1. The van der Waals surface area contributed by atoms with E-state index in [1.54, 1.807) is 12.4 Å². The Balaban J connectivity index is 2.06. The van der Waals surface area contributed by atoms with E-state index in [1.165, 1.54) is 5.56 Å². The lowest BCUT2D eigenvalue weighted by Gasteiger charge is -1.98. The van der Waals surface area contributed by atoms with E-state index < -0.39 is 0 Å². The van der Waals surface area contributed by atoms with Gasteiger partial charge in [-0.1, -0.05) is 12.1 Å². The third kappa shape index (κ3) is 2.86. The standard InChI is InChI=1S/C14H12N2/c1-12-4-2-6-14(10-12)16-9-7-13-5-3-8-15-11-13/h2-6,8,10-11,16H,1H3. The van der Waals surface area contributed by atoms with Gasteiger partial charge < -0.3 is 5.32 Å². The van der Waals surface area contributed by atoms with Crippen molar-refractivity contribution in [1.82, 2.24) is 4.98 Å². The first-order valence-corrected chi connectivity index (χ1v) is 5.08. The Morgan fingerprint density at radius 3 is 2.88 bits per heavy atom. The minimum atomic E-state index is 0.905. The molecule has 0 atom stereocenters. The molecule has 1 heterocycles. The zero-order valence-corrected chi connectivity index (χ0v) is 9.07. The molecular formula is C14H12N2. The van der Waals surface area contributed by atoms with Gasteiger partial charge in [-0.3, -0.25) is 4.98 Å². The molecule has 2 rings (SSSR count). The quantitative estimate of drug-likeness (QED) is 0.575. The summed E-state index contributed by atoms with van der Waals surface area (Å²) in [5, 5.41) is 3.05. The summed E-state index contributed by atoms with van der Waals surface area (Å²) in [6.07, 6.45) is 3.48. The summed E-state index contributed by atoms with van der Waals surface area (Å²) in [5.74, 6) is 2.99. The number of rotatable bonds is 1. The van der Waals surface area contributed by atoms with Gasteiger partial charge in [0.25, 0.3) is 0 Å². The van der Waals surface area contributed by atoms with Gasteiger partial charge in [-0.25, -0.2) is 0 Å². The zero-order chi connectivity index (χ0) is 11.2. The summed E-state index contributed by atoms with van der Waals surface area (Å²) in [4.78, 5) is 3.99. The summed E-state index contributed by atoms with van der Waals surface area (Å²) in [6.45, 7) is 2.06. The first kappa shape index (κ1) is 10.3. The van der Waals surface area contributed by atoms with Crippen molar-refractivity contribution in [2.45, 2.75) is 6.92 Å². The van der Waals surface area contributed by atoms with Crippen LogP contribution in [-0.2, 0) is 0 Å². The van der Waals surface area contributed by atoms with Gasteiger partial charge in [-0.05, 0) is 42.7 Å². The Kier molecular flexibility index (Phi) is 3.20. The molecule has 0 aliphatic heterocycles. The van der Waals surface area contributed by atoms with E-state index in [9.17, 15) is 0 Å².